The van der Waals surface area contributed by atoms with Gasteiger partial charge < -0.3 is 14.8 Å². The van der Waals surface area contributed by atoms with Gasteiger partial charge in [0, 0.05) is 10.0 Å². The van der Waals surface area contributed by atoms with Gasteiger partial charge in [0.15, 0.2) is 11.4 Å². The number of aliphatic imine (C=N–C) groups is 1. The lowest BCUT2D eigenvalue weighted by Gasteiger charge is -2.37. The quantitative estimate of drug-likeness (QED) is 0.128. The van der Waals surface area contributed by atoms with Gasteiger partial charge >= 0.3 is 24.9 Å². The number of aromatic nitrogens is 3. The molecule has 0 radical (unpaired) electrons. The molecule has 12 nitrogen and oxygen atoms in total. The minimum Gasteiger partial charge on any atom is -0.447 e. The number of alkyl carbamates (subject to hydrolysis) is 2. The molecule has 4 aromatic rings. The van der Waals surface area contributed by atoms with Crippen LogP contribution in [0.1, 0.15) is 62.4 Å². The Morgan fingerprint density at radius 2 is 1.64 bits per heavy atom. The summed E-state index contributed by atoms with van der Waals surface area (Å²) >= 11 is 9.73. The van der Waals surface area contributed by atoms with Crippen LogP contribution in [0, 0.1) is 5.41 Å². The third-order valence-corrected chi connectivity index (χ3v) is 10.8. The first-order valence-corrected chi connectivity index (χ1v) is 18.9. The summed E-state index contributed by atoms with van der Waals surface area (Å²) in [7, 11) is 0. The zero-order valence-corrected chi connectivity index (χ0v) is 33.3. The van der Waals surface area contributed by atoms with Crippen molar-refractivity contribution in [3.05, 3.63) is 105 Å². The summed E-state index contributed by atoms with van der Waals surface area (Å²) in [6.45, 7) is -2.64. The Hall–Kier alpha value is -5.24. The number of hydrogen-bond donors (Lipinski definition) is 2. The summed E-state index contributed by atoms with van der Waals surface area (Å²) < 4.78 is 111. The lowest BCUT2D eigenvalue weighted by atomic mass is 9.74. The van der Waals surface area contributed by atoms with Crippen molar-refractivity contribution in [1.29, 1.82) is 0 Å². The molecule has 1 aliphatic carbocycles. The number of nitrogens with zero attached hydrogens (tertiary/aromatic N) is 5. The Morgan fingerprint density at radius 3 is 2.25 bits per heavy atom. The van der Waals surface area contributed by atoms with E-state index in [1.807, 2.05) is 0 Å². The number of rotatable bonds is 13. The molecule has 3 aromatic carbocycles. The third kappa shape index (κ3) is 9.17. The molecule has 1 saturated carbocycles. The van der Waals surface area contributed by atoms with Gasteiger partial charge in [-0.15, -0.1) is 0 Å². The molecule has 21 heteroatoms. The molecular formula is C38H34BrClF7N7O5. The summed E-state index contributed by atoms with van der Waals surface area (Å²) in [6.07, 6.45) is -10.7. The van der Waals surface area contributed by atoms with E-state index >= 15 is 4.79 Å². The highest BCUT2D eigenvalue weighted by Gasteiger charge is 2.60. The largest absolute Gasteiger partial charge is 0.447 e. The van der Waals surface area contributed by atoms with Gasteiger partial charge in [-0.1, -0.05) is 89.9 Å². The fraction of sp³-hybridized carbons (Fsp3) is 0.368. The van der Waals surface area contributed by atoms with Gasteiger partial charge in [-0.05, 0) is 60.2 Å². The van der Waals surface area contributed by atoms with E-state index in [0.29, 0.717) is 10.0 Å². The number of amides is 3. The van der Waals surface area contributed by atoms with Crippen molar-refractivity contribution < 1.29 is 54.6 Å². The fourth-order valence-electron chi connectivity index (χ4n) is 6.43. The second kappa shape index (κ2) is 16.8. The molecule has 2 aliphatic rings. The zero-order chi connectivity index (χ0) is 42.9. The average Bonchev–Trinajstić information content (AvgIpc) is 3.70. The number of halogens is 9. The first kappa shape index (κ1) is 43.3. The maximum atomic E-state index is 15.2. The van der Waals surface area contributed by atoms with Crippen LogP contribution in [-0.2, 0) is 26.4 Å². The molecule has 2 atom stereocenters. The molecule has 6 rings (SSSR count). The number of hydrogen-bond acceptors (Lipinski definition) is 8. The number of benzene rings is 3. The SMILES string of the molecule is CC(C)(C[C@]1(c2ccc(Br)cc2)N=C(NC(=O)OCc2ccccc2)N([C@H](COC(=O)NC2(C(F)F)CC2)c2ccc(Cl)c(-c3ncnn3C(F)F)c2)C1=O)C(F)(F)F. The van der Waals surface area contributed by atoms with Crippen LogP contribution in [-0.4, -0.2) is 68.5 Å². The Morgan fingerprint density at radius 1 is 0.966 bits per heavy atom. The zero-order valence-electron chi connectivity index (χ0n) is 31.0. The topological polar surface area (TPSA) is 140 Å². The van der Waals surface area contributed by atoms with E-state index in [1.54, 1.807) is 30.3 Å². The van der Waals surface area contributed by atoms with Crippen molar-refractivity contribution >= 4 is 51.6 Å². The number of nitrogens with one attached hydrogen (secondary N) is 2. The molecule has 0 saturated heterocycles. The fourth-order valence-corrected chi connectivity index (χ4v) is 6.90. The van der Waals surface area contributed by atoms with Crippen molar-refractivity contribution in [3.63, 3.8) is 0 Å². The molecule has 59 heavy (non-hydrogen) atoms. The Balaban J connectivity index is 1.50. The first-order chi connectivity index (χ1) is 27.8. The summed E-state index contributed by atoms with van der Waals surface area (Å²) in [6, 6.07) is 16.1. The van der Waals surface area contributed by atoms with Gasteiger partial charge in [0.2, 0.25) is 5.96 Å². The van der Waals surface area contributed by atoms with Crippen LogP contribution in [0.4, 0.5) is 40.3 Å². The van der Waals surface area contributed by atoms with E-state index in [9.17, 15) is 40.3 Å². The predicted octanol–water partition coefficient (Wildman–Crippen LogP) is 9.32. The van der Waals surface area contributed by atoms with Crippen LogP contribution in [0.2, 0.25) is 5.02 Å². The van der Waals surface area contributed by atoms with E-state index < -0.39 is 84.6 Å². The molecule has 2 N–H and O–H groups in total. The van der Waals surface area contributed by atoms with Crippen molar-refractivity contribution in [3.8, 4) is 11.4 Å². The second-order valence-electron chi connectivity index (χ2n) is 14.5. The van der Waals surface area contributed by atoms with Crippen LogP contribution in [0.3, 0.4) is 0 Å². The minimum atomic E-state index is -4.89. The molecule has 3 amide bonds. The highest BCUT2D eigenvalue weighted by Crippen LogP contribution is 2.51. The van der Waals surface area contributed by atoms with Gasteiger partial charge in [0.05, 0.1) is 16.5 Å². The molecule has 0 unspecified atom stereocenters. The van der Waals surface area contributed by atoms with Crippen molar-refractivity contribution in [2.24, 2.45) is 10.4 Å². The summed E-state index contributed by atoms with van der Waals surface area (Å²) in [5.74, 6) is -2.23. The Bertz CT molecular complexity index is 2220. The molecule has 314 valence electrons. The summed E-state index contributed by atoms with van der Waals surface area (Å²) in [5.41, 5.74) is -6.60. The molecule has 0 bridgehead atoms. The van der Waals surface area contributed by atoms with Gasteiger partial charge in [0.1, 0.15) is 25.1 Å². The summed E-state index contributed by atoms with van der Waals surface area (Å²) in [5, 5.41) is 7.88. The van der Waals surface area contributed by atoms with E-state index in [-0.39, 0.29) is 45.8 Å². The number of carbonyl (C=O) groups is 3. The normalized spacial score (nSPS) is 18.2. The van der Waals surface area contributed by atoms with Gasteiger partial charge in [0.25, 0.3) is 12.3 Å². The molecule has 1 aliphatic heterocycles. The highest BCUT2D eigenvalue weighted by atomic mass is 79.9. The van der Waals surface area contributed by atoms with Crippen molar-refractivity contribution in [1.82, 2.24) is 30.3 Å². The smallest absolute Gasteiger partial charge is 0.414 e. The monoisotopic (exact) mass is 915 g/mol. The standard InChI is InChI=1S/C38H34BrClF7N7O5/c1-35(2,38(45,46)47)19-37(23-9-11-24(39)12-10-23)30(55)53(32(51-37)50-33(56)58-17-21-6-4-3-5-7-21)27(18-59-34(57)52-36(14-15-36)29(41)42)22-8-13-26(40)25(16-22)28-48-20-49-54(28)31(43)44/h3-13,16,20,27,29,31H,14-15,17-19H2,1-2H3,(H,52,57)(H,50,51,56)/t27-,37-/m1/s1. The third-order valence-electron chi connectivity index (χ3n) is 9.93. The van der Waals surface area contributed by atoms with E-state index in [1.165, 1.54) is 42.5 Å². The maximum absolute atomic E-state index is 15.2. The summed E-state index contributed by atoms with van der Waals surface area (Å²) in [4.78, 5) is 51.0. The lowest BCUT2D eigenvalue weighted by molar-refractivity contribution is -0.218. The van der Waals surface area contributed by atoms with E-state index in [4.69, 9.17) is 21.1 Å². The minimum absolute atomic E-state index is 0.0330. The average molecular weight is 917 g/mol. The Kier molecular flexibility index (Phi) is 12.3. The lowest BCUT2D eigenvalue weighted by Crippen LogP contribution is -2.51. The van der Waals surface area contributed by atoms with Crippen molar-refractivity contribution in [2.75, 3.05) is 6.61 Å². The van der Waals surface area contributed by atoms with Gasteiger partial charge in [-0.2, -0.15) is 31.7 Å². The number of alkyl halides is 7. The molecule has 0 spiro atoms. The van der Waals surface area contributed by atoms with Crippen molar-refractivity contribution in [2.45, 2.75) is 76.0 Å². The highest BCUT2D eigenvalue weighted by molar-refractivity contribution is 9.10. The first-order valence-electron chi connectivity index (χ1n) is 17.7. The van der Waals surface area contributed by atoms with Crippen LogP contribution >= 0.6 is 27.5 Å². The van der Waals surface area contributed by atoms with Gasteiger partial charge in [-0.3, -0.25) is 15.0 Å². The van der Waals surface area contributed by atoms with E-state index in [2.05, 4.69) is 41.6 Å². The predicted molar refractivity (Wildman–Crippen MR) is 201 cm³/mol. The molecule has 1 fully saturated rings. The van der Waals surface area contributed by atoms with E-state index in [0.717, 1.165) is 25.1 Å². The molecule has 2 heterocycles. The maximum Gasteiger partial charge on any atom is 0.414 e. The molecular weight excluding hydrogens is 883 g/mol. The Labute approximate surface area is 345 Å². The number of guanidine groups is 1. The van der Waals surface area contributed by atoms with Crippen LogP contribution in [0.15, 0.2) is 88.6 Å². The number of ether oxygens (including phenoxy) is 2. The van der Waals surface area contributed by atoms with Crippen LogP contribution < -0.4 is 10.6 Å². The van der Waals surface area contributed by atoms with Crippen LogP contribution in [0.25, 0.3) is 11.4 Å². The molecule has 1 aromatic heterocycles. The van der Waals surface area contributed by atoms with Gasteiger partial charge in [-0.25, -0.2) is 28.3 Å². The van der Waals surface area contributed by atoms with Crippen LogP contribution in [0.5, 0.6) is 0 Å². The second-order valence-corrected chi connectivity index (χ2v) is 15.8. The number of carbonyl (C=O) groups excluding carboxylic acids is 3.